The van der Waals surface area contributed by atoms with E-state index in [0.717, 1.165) is 11.3 Å². The number of carbonyl (C=O) groups excluding carboxylic acids is 2. The van der Waals surface area contributed by atoms with E-state index in [4.69, 9.17) is 15.8 Å². The van der Waals surface area contributed by atoms with E-state index >= 15 is 0 Å². The van der Waals surface area contributed by atoms with Crippen molar-refractivity contribution < 1.29 is 27.4 Å². The minimum Gasteiger partial charge on any atom is -0.398 e. The fraction of sp³-hybridized carbons (Fsp3) is 0.333. The van der Waals surface area contributed by atoms with Crippen molar-refractivity contribution in [3.63, 3.8) is 0 Å². The first-order valence-corrected chi connectivity index (χ1v) is 8.46. The summed E-state index contributed by atoms with van der Waals surface area (Å²) in [4.78, 5) is 34.9. The third-order valence-corrected chi connectivity index (χ3v) is 4.46. The number of aromatic nitrogens is 1. The van der Waals surface area contributed by atoms with Gasteiger partial charge < -0.3 is 15.9 Å². The molecule has 2 rings (SSSR count). The van der Waals surface area contributed by atoms with Gasteiger partial charge in [0.05, 0.1) is 0 Å². The van der Waals surface area contributed by atoms with Crippen LogP contribution in [0.1, 0.15) is 5.69 Å². The van der Waals surface area contributed by atoms with E-state index in [-0.39, 0.29) is 20.8 Å². The molecule has 0 radical (unpaired) electrons. The van der Waals surface area contributed by atoms with Crippen LogP contribution in [0, 0.1) is 0 Å². The topological polar surface area (TPSA) is 213 Å². The SMILES string of the molecule is CON=C(C(=O)N[C@@H]1C(=O)N(S(=O)(=O)O)[C@@H]1N=[N+]=[N-])c1csc(N)n1. The van der Waals surface area contributed by atoms with Crippen LogP contribution in [-0.2, 0) is 24.7 Å². The van der Waals surface area contributed by atoms with Crippen molar-refractivity contribution in [2.75, 3.05) is 12.8 Å². The Morgan fingerprint density at radius 1 is 1.64 bits per heavy atom. The lowest BCUT2D eigenvalue weighted by Crippen LogP contribution is -2.71. The Hall–Kier alpha value is -2.94. The molecule has 0 aliphatic carbocycles. The third kappa shape index (κ3) is 3.61. The maximum Gasteiger partial charge on any atom is 0.362 e. The summed E-state index contributed by atoms with van der Waals surface area (Å²) in [7, 11) is -3.78. The third-order valence-electron chi connectivity index (χ3n) is 2.89. The van der Waals surface area contributed by atoms with Crippen molar-refractivity contribution in [1.29, 1.82) is 0 Å². The normalized spacial score (nSPS) is 20.5. The van der Waals surface area contributed by atoms with E-state index in [9.17, 15) is 18.0 Å². The lowest BCUT2D eigenvalue weighted by molar-refractivity contribution is -0.144. The number of amides is 2. The molecule has 25 heavy (non-hydrogen) atoms. The molecule has 0 spiro atoms. The molecular formula is C9H10N8O6S2. The lowest BCUT2D eigenvalue weighted by atomic mass is 10.1. The first kappa shape index (κ1) is 18.4. The Morgan fingerprint density at radius 2 is 2.32 bits per heavy atom. The van der Waals surface area contributed by atoms with Crippen LogP contribution >= 0.6 is 11.3 Å². The Labute approximate surface area is 143 Å². The predicted molar refractivity (Wildman–Crippen MR) is 83.3 cm³/mol. The highest BCUT2D eigenvalue weighted by Gasteiger charge is 2.54. The maximum absolute atomic E-state index is 12.3. The zero-order valence-corrected chi connectivity index (χ0v) is 13.9. The highest BCUT2D eigenvalue weighted by molar-refractivity contribution is 7.84. The second-order valence-electron chi connectivity index (χ2n) is 4.37. The molecule has 1 aliphatic heterocycles. The minimum atomic E-state index is -4.95. The number of oxime groups is 1. The van der Waals surface area contributed by atoms with E-state index in [1.165, 1.54) is 12.5 Å². The summed E-state index contributed by atoms with van der Waals surface area (Å²) in [6, 6.07) is -1.52. The molecule has 134 valence electrons. The summed E-state index contributed by atoms with van der Waals surface area (Å²) in [6.45, 7) is 0. The number of β-lactam (4-membered cyclic amide) rings is 1. The van der Waals surface area contributed by atoms with E-state index in [1.807, 2.05) is 0 Å². The van der Waals surface area contributed by atoms with Crippen molar-refractivity contribution in [1.82, 2.24) is 14.6 Å². The summed E-state index contributed by atoms with van der Waals surface area (Å²) in [6.07, 6.45) is -1.67. The van der Waals surface area contributed by atoms with E-state index in [0.29, 0.717) is 0 Å². The number of hydrogen-bond donors (Lipinski definition) is 3. The molecule has 0 aromatic carbocycles. The zero-order chi connectivity index (χ0) is 18.8. The molecule has 1 saturated heterocycles. The van der Waals surface area contributed by atoms with Crippen LogP contribution in [0.15, 0.2) is 15.7 Å². The van der Waals surface area contributed by atoms with Gasteiger partial charge in [-0.2, -0.15) is 8.42 Å². The van der Waals surface area contributed by atoms with Crippen molar-refractivity contribution in [3.8, 4) is 0 Å². The summed E-state index contributed by atoms with van der Waals surface area (Å²) < 4.78 is 31.1. The lowest BCUT2D eigenvalue weighted by Gasteiger charge is -2.41. The number of nitrogens with one attached hydrogen (secondary N) is 1. The molecule has 1 fully saturated rings. The van der Waals surface area contributed by atoms with Gasteiger partial charge in [-0.15, -0.1) is 11.3 Å². The fourth-order valence-corrected chi connectivity index (χ4v) is 3.23. The zero-order valence-electron chi connectivity index (χ0n) is 12.3. The second kappa shape index (κ2) is 6.89. The number of carbonyl (C=O) groups is 2. The molecule has 0 saturated carbocycles. The molecule has 1 aromatic heterocycles. The molecule has 0 bridgehead atoms. The van der Waals surface area contributed by atoms with Crippen LogP contribution < -0.4 is 11.1 Å². The number of thiazole rings is 1. The summed E-state index contributed by atoms with van der Waals surface area (Å²) >= 11 is 1.02. The van der Waals surface area contributed by atoms with E-state index in [2.05, 4.69) is 30.3 Å². The number of nitrogens with two attached hydrogens (primary N) is 1. The molecular weight excluding hydrogens is 380 g/mol. The number of nitrogens with zero attached hydrogens (tertiary/aromatic N) is 6. The molecule has 2 atom stereocenters. The van der Waals surface area contributed by atoms with E-state index in [1.54, 1.807) is 0 Å². The van der Waals surface area contributed by atoms with Gasteiger partial charge in [0, 0.05) is 10.3 Å². The molecule has 1 aliphatic rings. The molecule has 1 aromatic rings. The van der Waals surface area contributed by atoms with Gasteiger partial charge in [-0.3, -0.25) is 14.1 Å². The van der Waals surface area contributed by atoms with Gasteiger partial charge >= 0.3 is 10.3 Å². The molecule has 2 amide bonds. The van der Waals surface area contributed by atoms with Crippen molar-refractivity contribution in [2.24, 2.45) is 10.3 Å². The van der Waals surface area contributed by atoms with Crippen LogP contribution in [0.4, 0.5) is 5.13 Å². The van der Waals surface area contributed by atoms with Crippen molar-refractivity contribution >= 4 is 44.3 Å². The Bertz CT molecular complexity index is 888. The second-order valence-corrected chi connectivity index (χ2v) is 6.55. The average Bonchev–Trinajstić information content (AvgIpc) is 2.94. The molecule has 16 heteroatoms. The van der Waals surface area contributed by atoms with Crippen LogP contribution in [0.3, 0.4) is 0 Å². The fourth-order valence-electron chi connectivity index (χ4n) is 1.90. The average molecular weight is 390 g/mol. The Morgan fingerprint density at radius 3 is 2.80 bits per heavy atom. The van der Waals surface area contributed by atoms with Gasteiger partial charge in [0.2, 0.25) is 0 Å². The number of hydrogen-bond acceptors (Lipinski definition) is 10. The van der Waals surface area contributed by atoms with Gasteiger partial charge in [0.25, 0.3) is 11.8 Å². The van der Waals surface area contributed by atoms with Crippen molar-refractivity contribution in [2.45, 2.75) is 12.2 Å². The minimum absolute atomic E-state index is 0.0561. The smallest absolute Gasteiger partial charge is 0.362 e. The Kier molecular flexibility index (Phi) is 5.07. The number of azide groups is 1. The van der Waals surface area contributed by atoms with Crippen LogP contribution in [-0.4, -0.2) is 59.1 Å². The monoisotopic (exact) mass is 390 g/mol. The Balaban J connectivity index is 2.25. The molecule has 2 heterocycles. The van der Waals surface area contributed by atoms with Gasteiger partial charge in [0.1, 0.15) is 18.8 Å². The van der Waals surface area contributed by atoms with Crippen LogP contribution in [0.5, 0.6) is 0 Å². The quantitative estimate of drug-likeness (QED) is 0.102. The highest BCUT2D eigenvalue weighted by Crippen LogP contribution is 2.25. The first-order valence-electron chi connectivity index (χ1n) is 6.19. The largest absolute Gasteiger partial charge is 0.398 e. The molecule has 0 unspecified atom stereocenters. The summed E-state index contributed by atoms with van der Waals surface area (Å²) in [5.41, 5.74) is 13.6. The standard InChI is InChI=1S/C9H10N8O6S2/c1-23-15-4(3-2-24-9(10)12-3)7(18)13-5-6(14-16-11)17(8(5)19)25(20,21)22/h2,5-6H,1H3,(H2,10,12)(H,13,18)(H,20,21,22)/t5-,6-/m0/s1. The summed E-state index contributed by atoms with van der Waals surface area (Å²) in [5, 5.41) is 10.2. The first-order chi connectivity index (χ1) is 11.7. The predicted octanol–water partition coefficient (Wildman–Crippen LogP) is -1.16. The van der Waals surface area contributed by atoms with Crippen LogP contribution in [0.25, 0.3) is 10.4 Å². The number of rotatable bonds is 6. The molecule has 14 nitrogen and oxygen atoms in total. The maximum atomic E-state index is 12.3. The van der Waals surface area contributed by atoms with Gasteiger partial charge in [-0.05, 0) is 5.53 Å². The molecule has 4 N–H and O–H groups in total. The highest BCUT2D eigenvalue weighted by atomic mass is 32.2. The number of nitrogen functional groups attached to an aromatic ring is 1. The van der Waals surface area contributed by atoms with Crippen molar-refractivity contribution in [3.05, 3.63) is 21.5 Å². The van der Waals surface area contributed by atoms with Crippen LogP contribution in [0.2, 0.25) is 0 Å². The van der Waals surface area contributed by atoms with Gasteiger partial charge in [-0.1, -0.05) is 10.3 Å². The van der Waals surface area contributed by atoms with Gasteiger partial charge in [-0.25, -0.2) is 9.29 Å². The summed E-state index contributed by atoms with van der Waals surface area (Å²) in [5.74, 6) is -2.15. The van der Waals surface area contributed by atoms with E-state index < -0.39 is 34.3 Å². The number of anilines is 1. The van der Waals surface area contributed by atoms with Gasteiger partial charge in [0.15, 0.2) is 17.0 Å².